The number of fused-ring (bicyclic) bond motifs is 1. The predicted octanol–water partition coefficient (Wildman–Crippen LogP) is 3.71. The van der Waals surface area contributed by atoms with E-state index in [0.29, 0.717) is 28.6 Å². The maximum atomic E-state index is 12.7. The zero-order chi connectivity index (χ0) is 20.3. The van der Waals surface area contributed by atoms with Crippen molar-refractivity contribution in [3.05, 3.63) is 47.2 Å². The third kappa shape index (κ3) is 3.43. The van der Waals surface area contributed by atoms with Crippen LogP contribution in [0.25, 0.3) is 11.0 Å². The van der Waals surface area contributed by atoms with Crippen LogP contribution in [0, 0.1) is 6.92 Å². The van der Waals surface area contributed by atoms with Gasteiger partial charge in [-0.2, -0.15) is 0 Å². The minimum atomic E-state index is -0.315. The van der Waals surface area contributed by atoms with Gasteiger partial charge in [0, 0.05) is 23.1 Å². The Labute approximate surface area is 163 Å². The third-order valence-corrected chi connectivity index (χ3v) is 4.57. The molecule has 1 aromatic heterocycles. The summed E-state index contributed by atoms with van der Waals surface area (Å²) in [6.45, 7) is 2.08. The normalized spacial score (nSPS) is 10.6. The lowest BCUT2D eigenvalue weighted by molar-refractivity contribution is 0.0924. The van der Waals surface area contributed by atoms with Crippen LogP contribution in [-0.2, 0) is 6.54 Å². The molecule has 2 aromatic carbocycles. The molecule has 0 aliphatic rings. The van der Waals surface area contributed by atoms with Gasteiger partial charge in [0.1, 0.15) is 11.3 Å². The average molecular weight is 385 g/mol. The van der Waals surface area contributed by atoms with Crippen molar-refractivity contribution in [2.24, 2.45) is 0 Å². The lowest BCUT2D eigenvalue weighted by Crippen LogP contribution is -2.23. The lowest BCUT2D eigenvalue weighted by Gasteiger charge is -2.16. The SMILES string of the molecule is COc1ccc2oc(C(=O)NCc3ccc(OC)c(OC)c3OC)c(C)c2c1. The number of carbonyl (C=O) groups is 1. The summed E-state index contributed by atoms with van der Waals surface area (Å²) in [4.78, 5) is 12.7. The van der Waals surface area contributed by atoms with Gasteiger partial charge in [-0.1, -0.05) is 0 Å². The molecular formula is C21H23NO6. The predicted molar refractivity (Wildman–Crippen MR) is 105 cm³/mol. The molecule has 1 heterocycles. The molecule has 28 heavy (non-hydrogen) atoms. The summed E-state index contributed by atoms with van der Waals surface area (Å²) in [6.07, 6.45) is 0. The lowest BCUT2D eigenvalue weighted by atomic mass is 10.1. The zero-order valence-electron chi connectivity index (χ0n) is 16.5. The Bertz CT molecular complexity index is 1010. The molecule has 148 valence electrons. The minimum Gasteiger partial charge on any atom is -0.497 e. The quantitative estimate of drug-likeness (QED) is 0.668. The summed E-state index contributed by atoms with van der Waals surface area (Å²) in [7, 11) is 6.23. The monoisotopic (exact) mass is 385 g/mol. The molecule has 0 bridgehead atoms. The van der Waals surface area contributed by atoms with E-state index in [1.54, 1.807) is 39.5 Å². The molecule has 7 nitrogen and oxygen atoms in total. The first-order valence-electron chi connectivity index (χ1n) is 8.67. The van der Waals surface area contributed by atoms with Gasteiger partial charge in [-0.25, -0.2) is 0 Å². The van der Waals surface area contributed by atoms with Crippen molar-refractivity contribution in [2.75, 3.05) is 28.4 Å². The van der Waals surface area contributed by atoms with E-state index >= 15 is 0 Å². The van der Waals surface area contributed by atoms with Gasteiger partial charge < -0.3 is 28.7 Å². The molecule has 0 aliphatic carbocycles. The van der Waals surface area contributed by atoms with Crippen LogP contribution in [0.15, 0.2) is 34.7 Å². The highest BCUT2D eigenvalue weighted by atomic mass is 16.5. The number of furan rings is 1. The van der Waals surface area contributed by atoms with Crippen molar-refractivity contribution in [1.29, 1.82) is 0 Å². The summed E-state index contributed by atoms with van der Waals surface area (Å²) in [5, 5.41) is 3.71. The van der Waals surface area contributed by atoms with Crippen LogP contribution in [-0.4, -0.2) is 34.3 Å². The maximum Gasteiger partial charge on any atom is 0.287 e. The van der Waals surface area contributed by atoms with Crippen LogP contribution in [0.2, 0.25) is 0 Å². The molecule has 3 aromatic rings. The Kier molecular flexibility index (Phi) is 5.63. The zero-order valence-corrected chi connectivity index (χ0v) is 16.5. The van der Waals surface area contributed by atoms with Crippen LogP contribution in [0.1, 0.15) is 21.7 Å². The van der Waals surface area contributed by atoms with Crippen LogP contribution in [0.3, 0.4) is 0 Å². The smallest absolute Gasteiger partial charge is 0.287 e. The Morgan fingerprint density at radius 1 is 0.964 bits per heavy atom. The molecule has 0 radical (unpaired) electrons. The summed E-state index contributed by atoms with van der Waals surface area (Å²) in [5.41, 5.74) is 2.14. The van der Waals surface area contributed by atoms with Crippen LogP contribution in [0.4, 0.5) is 0 Å². The number of methoxy groups -OCH3 is 4. The molecule has 0 fully saturated rings. The highest BCUT2D eigenvalue weighted by Gasteiger charge is 2.20. The molecule has 0 atom stereocenters. The van der Waals surface area contributed by atoms with Crippen molar-refractivity contribution in [1.82, 2.24) is 5.32 Å². The van der Waals surface area contributed by atoms with Crippen molar-refractivity contribution in [3.63, 3.8) is 0 Å². The fraction of sp³-hybridized carbons (Fsp3) is 0.286. The number of amides is 1. The Morgan fingerprint density at radius 3 is 2.36 bits per heavy atom. The van der Waals surface area contributed by atoms with E-state index in [4.69, 9.17) is 23.4 Å². The maximum absolute atomic E-state index is 12.7. The van der Waals surface area contributed by atoms with E-state index in [1.165, 1.54) is 7.11 Å². The topological polar surface area (TPSA) is 79.2 Å². The summed E-state index contributed by atoms with van der Waals surface area (Å²) >= 11 is 0. The molecule has 3 rings (SSSR count). The Balaban J connectivity index is 1.85. The van der Waals surface area contributed by atoms with Crippen LogP contribution < -0.4 is 24.3 Å². The van der Waals surface area contributed by atoms with Gasteiger partial charge in [0.25, 0.3) is 5.91 Å². The second kappa shape index (κ2) is 8.12. The van der Waals surface area contributed by atoms with E-state index in [1.807, 2.05) is 19.1 Å². The molecule has 0 aliphatic heterocycles. The largest absolute Gasteiger partial charge is 0.497 e. The third-order valence-electron chi connectivity index (χ3n) is 4.57. The molecule has 0 unspecified atom stereocenters. The van der Waals surface area contributed by atoms with Gasteiger partial charge in [-0.05, 0) is 37.3 Å². The highest BCUT2D eigenvalue weighted by Crippen LogP contribution is 2.39. The number of aryl methyl sites for hydroxylation is 1. The van der Waals surface area contributed by atoms with Gasteiger partial charge in [-0.3, -0.25) is 4.79 Å². The number of carbonyl (C=O) groups excluding carboxylic acids is 1. The van der Waals surface area contributed by atoms with Crippen LogP contribution >= 0.6 is 0 Å². The number of ether oxygens (including phenoxy) is 4. The fourth-order valence-corrected chi connectivity index (χ4v) is 3.10. The van der Waals surface area contributed by atoms with Crippen molar-refractivity contribution in [2.45, 2.75) is 13.5 Å². The molecule has 0 spiro atoms. The fourth-order valence-electron chi connectivity index (χ4n) is 3.10. The molecule has 0 saturated heterocycles. The Morgan fingerprint density at radius 2 is 1.71 bits per heavy atom. The summed E-state index contributed by atoms with van der Waals surface area (Å²) in [6, 6.07) is 9.01. The van der Waals surface area contributed by atoms with Crippen molar-refractivity contribution >= 4 is 16.9 Å². The van der Waals surface area contributed by atoms with Crippen molar-refractivity contribution < 1.29 is 28.2 Å². The molecule has 1 amide bonds. The second-order valence-electron chi connectivity index (χ2n) is 6.09. The number of nitrogens with one attached hydrogen (secondary N) is 1. The van der Waals surface area contributed by atoms with E-state index in [2.05, 4.69) is 5.32 Å². The molecule has 7 heteroatoms. The average Bonchev–Trinajstić information content (AvgIpc) is 3.06. The highest BCUT2D eigenvalue weighted by molar-refractivity contribution is 5.99. The van der Waals surface area contributed by atoms with E-state index < -0.39 is 0 Å². The first kappa shape index (κ1) is 19.4. The van der Waals surface area contributed by atoms with E-state index in [0.717, 1.165) is 16.5 Å². The number of hydrogen-bond acceptors (Lipinski definition) is 6. The van der Waals surface area contributed by atoms with E-state index in [9.17, 15) is 4.79 Å². The van der Waals surface area contributed by atoms with E-state index in [-0.39, 0.29) is 18.2 Å². The first-order valence-corrected chi connectivity index (χ1v) is 8.67. The van der Waals surface area contributed by atoms with Gasteiger partial charge in [0.15, 0.2) is 17.3 Å². The second-order valence-corrected chi connectivity index (χ2v) is 6.09. The number of benzene rings is 2. The molecular weight excluding hydrogens is 362 g/mol. The van der Waals surface area contributed by atoms with Gasteiger partial charge in [0.2, 0.25) is 5.75 Å². The first-order chi connectivity index (χ1) is 13.5. The summed E-state index contributed by atoms with van der Waals surface area (Å²) in [5.74, 6) is 2.19. The number of rotatable bonds is 7. The Hall–Kier alpha value is -3.35. The van der Waals surface area contributed by atoms with Gasteiger partial charge in [0.05, 0.1) is 28.4 Å². The number of hydrogen-bond donors (Lipinski definition) is 1. The molecule has 1 N–H and O–H groups in total. The summed E-state index contributed by atoms with van der Waals surface area (Å²) < 4.78 is 27.1. The van der Waals surface area contributed by atoms with Crippen LogP contribution in [0.5, 0.6) is 23.0 Å². The molecule has 0 saturated carbocycles. The van der Waals surface area contributed by atoms with Crippen molar-refractivity contribution in [3.8, 4) is 23.0 Å². The standard InChI is InChI=1S/C21H23NO6/c1-12-15-10-14(24-2)7-9-16(15)28-18(12)21(23)22-11-13-6-8-17(25-3)20(27-5)19(13)26-4/h6-10H,11H2,1-5H3,(H,22,23). The minimum absolute atomic E-state index is 0.238. The van der Waals surface area contributed by atoms with Gasteiger partial charge in [-0.15, -0.1) is 0 Å². The van der Waals surface area contributed by atoms with Gasteiger partial charge >= 0.3 is 0 Å².